The molecule has 2 aromatic rings. The van der Waals surface area contributed by atoms with E-state index in [1.54, 1.807) is 20.0 Å². The largest absolute Gasteiger partial charge is 1.00 e. The number of halogens is 4. The zero-order chi connectivity index (χ0) is 14.9. The van der Waals surface area contributed by atoms with Crippen LogP contribution in [-0.2, 0) is 13.7 Å². The van der Waals surface area contributed by atoms with E-state index in [0.29, 0.717) is 11.8 Å². The predicted octanol–water partition coefficient (Wildman–Crippen LogP) is -0.495. The number of rotatable bonds is 4. The monoisotopic (exact) mass is 326 g/mol. The first-order chi connectivity index (χ1) is 9.27. The Morgan fingerprint density at radius 1 is 1.24 bits per heavy atom. The van der Waals surface area contributed by atoms with E-state index in [4.69, 9.17) is 4.74 Å². The average Bonchev–Trinajstić information content (AvgIpc) is 2.63. The second-order valence-corrected chi connectivity index (χ2v) is 4.45. The summed E-state index contributed by atoms with van der Waals surface area (Å²) in [4.78, 5) is 0. The molecule has 1 heterocycles. The van der Waals surface area contributed by atoms with Crippen LogP contribution >= 0.6 is 0 Å². The Labute approximate surface area is 162 Å². The minimum Gasteiger partial charge on any atom is -0.490 e. The number of ether oxygens (including phenoxy) is 1. The topological polar surface area (TPSA) is 27.1 Å². The molecular formula is C12H12BF4KN2O. The van der Waals surface area contributed by atoms with Crippen LogP contribution < -0.4 is 61.6 Å². The van der Waals surface area contributed by atoms with E-state index in [-0.39, 0.29) is 58.0 Å². The fourth-order valence-corrected chi connectivity index (χ4v) is 1.85. The number of benzene rings is 1. The van der Waals surface area contributed by atoms with Crippen LogP contribution in [0.3, 0.4) is 0 Å². The van der Waals surface area contributed by atoms with Gasteiger partial charge in [0.15, 0.2) is 0 Å². The van der Waals surface area contributed by atoms with Gasteiger partial charge in [-0.3, -0.25) is 4.68 Å². The first kappa shape index (κ1) is 18.7. The molecule has 3 nitrogen and oxygen atoms in total. The summed E-state index contributed by atoms with van der Waals surface area (Å²) in [5, 5.41) is 4.06. The number of nitrogens with zero attached hydrogens (tertiary/aromatic N) is 2. The Kier molecular flexibility index (Phi) is 6.48. The van der Waals surface area contributed by atoms with Crippen LogP contribution in [0.4, 0.5) is 17.3 Å². The summed E-state index contributed by atoms with van der Waals surface area (Å²) < 4.78 is 58.2. The van der Waals surface area contributed by atoms with E-state index >= 15 is 0 Å². The van der Waals surface area contributed by atoms with Gasteiger partial charge < -0.3 is 17.7 Å². The van der Waals surface area contributed by atoms with Crippen molar-refractivity contribution in [3.63, 3.8) is 0 Å². The van der Waals surface area contributed by atoms with Gasteiger partial charge in [0.05, 0.1) is 17.1 Å². The summed E-state index contributed by atoms with van der Waals surface area (Å²) in [6, 6.07) is 3.90. The molecule has 0 aliphatic heterocycles. The zero-order valence-corrected chi connectivity index (χ0v) is 15.0. The SMILES string of the molecule is Cc1cc(COc2cc(F)ccc2[B-](F)(F)F)n(C)n1.[K+]. The number of hydrogen-bond acceptors (Lipinski definition) is 2. The third kappa shape index (κ3) is 4.82. The van der Waals surface area contributed by atoms with E-state index in [9.17, 15) is 17.3 Å². The van der Waals surface area contributed by atoms with Crippen LogP contribution in [0.5, 0.6) is 5.75 Å². The number of hydrogen-bond donors (Lipinski definition) is 0. The molecule has 0 saturated carbocycles. The molecule has 0 N–H and O–H groups in total. The first-order valence-corrected chi connectivity index (χ1v) is 5.89. The smallest absolute Gasteiger partial charge is 0.490 e. The third-order valence-electron chi connectivity index (χ3n) is 2.80. The van der Waals surface area contributed by atoms with Crippen molar-refractivity contribution in [1.82, 2.24) is 9.78 Å². The Morgan fingerprint density at radius 3 is 2.43 bits per heavy atom. The van der Waals surface area contributed by atoms with Gasteiger partial charge in [0, 0.05) is 13.1 Å². The molecule has 9 heteroatoms. The van der Waals surface area contributed by atoms with Crippen molar-refractivity contribution in [3.05, 3.63) is 41.5 Å². The van der Waals surface area contributed by atoms with Crippen molar-refractivity contribution in [2.45, 2.75) is 13.5 Å². The summed E-state index contributed by atoms with van der Waals surface area (Å²) in [6.45, 7) is -3.60. The predicted molar refractivity (Wildman–Crippen MR) is 67.4 cm³/mol. The molecule has 0 aliphatic carbocycles. The summed E-state index contributed by atoms with van der Waals surface area (Å²) in [5.74, 6) is -1.28. The molecule has 108 valence electrons. The van der Waals surface area contributed by atoms with Gasteiger partial charge in [-0.2, -0.15) is 5.10 Å². The molecule has 1 aromatic carbocycles. The van der Waals surface area contributed by atoms with Crippen LogP contribution in [-0.4, -0.2) is 16.8 Å². The van der Waals surface area contributed by atoms with Gasteiger partial charge in [0.2, 0.25) is 0 Å². The standard InChI is InChI=1S/C12H12BF4N2O.K/c1-8-5-10(19(2)18-8)7-20-12-6-9(14)3-4-11(12)13(15,16)17;/h3-6H,7H2,1-2H3;/q-1;+1. The second kappa shape index (κ2) is 7.28. The quantitative estimate of drug-likeness (QED) is 0.560. The third-order valence-corrected chi connectivity index (χ3v) is 2.80. The number of aryl methyl sites for hydroxylation is 2. The van der Waals surface area contributed by atoms with E-state index in [1.165, 1.54) is 4.68 Å². The summed E-state index contributed by atoms with van der Waals surface area (Å²) in [6.07, 6.45) is 0. The van der Waals surface area contributed by atoms with Crippen molar-refractivity contribution < 1.29 is 73.5 Å². The van der Waals surface area contributed by atoms with Gasteiger partial charge in [-0.25, -0.2) is 4.39 Å². The maximum atomic E-state index is 13.1. The van der Waals surface area contributed by atoms with Crippen LogP contribution in [0.25, 0.3) is 0 Å². The van der Waals surface area contributed by atoms with Crippen LogP contribution in [0.1, 0.15) is 11.4 Å². The van der Waals surface area contributed by atoms with Gasteiger partial charge in [-0.15, -0.1) is 0 Å². The number of aromatic nitrogens is 2. The van der Waals surface area contributed by atoms with Gasteiger partial charge in [-0.05, 0) is 19.1 Å². The fourth-order valence-electron chi connectivity index (χ4n) is 1.85. The van der Waals surface area contributed by atoms with Gasteiger partial charge >= 0.3 is 58.4 Å². The van der Waals surface area contributed by atoms with Gasteiger partial charge in [0.25, 0.3) is 0 Å². The summed E-state index contributed by atoms with van der Waals surface area (Å²) >= 11 is 0. The molecule has 0 saturated heterocycles. The minimum absolute atomic E-state index is 0. The van der Waals surface area contributed by atoms with E-state index in [1.807, 2.05) is 0 Å². The first-order valence-electron chi connectivity index (χ1n) is 5.89. The van der Waals surface area contributed by atoms with Crippen molar-refractivity contribution in [2.24, 2.45) is 7.05 Å². The summed E-state index contributed by atoms with van der Waals surface area (Å²) in [7, 11) is 1.66. The van der Waals surface area contributed by atoms with Gasteiger partial charge in [0.1, 0.15) is 12.4 Å². The van der Waals surface area contributed by atoms with E-state index in [2.05, 4.69) is 5.10 Å². The molecule has 0 unspecified atom stereocenters. The van der Waals surface area contributed by atoms with Crippen molar-refractivity contribution >= 4 is 12.4 Å². The molecule has 0 spiro atoms. The van der Waals surface area contributed by atoms with Crippen molar-refractivity contribution in [1.29, 1.82) is 0 Å². The Balaban J connectivity index is 0.00000220. The second-order valence-electron chi connectivity index (χ2n) is 4.45. The maximum absolute atomic E-state index is 13.1. The van der Waals surface area contributed by atoms with Crippen LogP contribution in [0, 0.1) is 12.7 Å². The molecule has 0 bridgehead atoms. The zero-order valence-electron chi connectivity index (χ0n) is 11.9. The maximum Gasteiger partial charge on any atom is 1.00 e. The average molecular weight is 326 g/mol. The fraction of sp³-hybridized carbons (Fsp3) is 0.250. The molecular weight excluding hydrogens is 314 g/mol. The van der Waals surface area contributed by atoms with E-state index in [0.717, 1.165) is 17.8 Å². The Bertz CT molecular complexity index is 630. The minimum atomic E-state index is -5.25. The molecule has 0 aliphatic rings. The molecule has 0 atom stereocenters. The molecule has 1 aromatic heterocycles. The van der Waals surface area contributed by atoms with Crippen LogP contribution in [0.15, 0.2) is 24.3 Å². The normalized spacial score (nSPS) is 11.1. The Hall–Kier alpha value is -0.349. The molecule has 0 radical (unpaired) electrons. The van der Waals surface area contributed by atoms with Gasteiger partial charge in [-0.1, -0.05) is 11.5 Å². The van der Waals surface area contributed by atoms with E-state index < -0.39 is 24.0 Å². The van der Waals surface area contributed by atoms with Crippen molar-refractivity contribution in [2.75, 3.05) is 0 Å². The van der Waals surface area contributed by atoms with Crippen LogP contribution in [0.2, 0.25) is 0 Å². The summed E-state index contributed by atoms with van der Waals surface area (Å²) in [5.41, 5.74) is 0.392. The molecule has 2 rings (SSSR count). The molecule has 0 amide bonds. The Morgan fingerprint density at radius 2 is 1.90 bits per heavy atom. The van der Waals surface area contributed by atoms with Crippen molar-refractivity contribution in [3.8, 4) is 5.75 Å². The molecule has 21 heavy (non-hydrogen) atoms. The molecule has 0 fully saturated rings.